The Kier molecular flexibility index (Phi) is 8.90. The van der Waals surface area contributed by atoms with Crippen LogP contribution in [0.15, 0.2) is 122 Å². The lowest BCUT2D eigenvalue weighted by molar-refractivity contribution is -0.189. The van der Waals surface area contributed by atoms with E-state index in [4.69, 9.17) is 9.47 Å². The predicted octanol–water partition coefficient (Wildman–Crippen LogP) is 6.86. The molecule has 8 heteroatoms. The number of hydrogen-bond acceptors (Lipinski definition) is 6. The first-order chi connectivity index (χ1) is 21.0. The zero-order valence-corrected chi connectivity index (χ0v) is 23.1. The third-order valence-corrected chi connectivity index (χ3v) is 7.58. The fraction of sp³-hybridized carbons (Fsp3) is 0.143. The van der Waals surface area contributed by atoms with E-state index in [-0.39, 0.29) is 13.2 Å². The average molecular weight is 583 g/mol. The Labute approximate surface area is 247 Å². The Bertz CT molecular complexity index is 1510. The van der Waals surface area contributed by atoms with E-state index in [1.807, 2.05) is 48.5 Å². The zero-order chi connectivity index (χ0) is 30.4. The van der Waals surface area contributed by atoms with Crippen LogP contribution in [0.4, 0.5) is 9.05 Å². The van der Waals surface area contributed by atoms with E-state index in [2.05, 4.69) is 47.3 Å². The van der Waals surface area contributed by atoms with Gasteiger partial charge in [-0.1, -0.05) is 86.0 Å². The molecule has 1 aliphatic rings. The van der Waals surface area contributed by atoms with Crippen LogP contribution in [0.2, 0.25) is 0 Å². The first-order valence-electron chi connectivity index (χ1n) is 13.5. The van der Waals surface area contributed by atoms with E-state index >= 15 is 0 Å². The number of ether oxygens (including phenoxy) is 2. The molecule has 218 valence electrons. The number of carbonyl (C=O) groups excluding carboxylic acids is 2. The molecular weight excluding hydrogens is 554 g/mol. The van der Waals surface area contributed by atoms with E-state index in [9.17, 15) is 18.6 Å². The summed E-state index contributed by atoms with van der Waals surface area (Å²) in [6.45, 7) is 6.08. The first-order valence-corrected chi connectivity index (χ1v) is 13.5. The maximum Gasteiger partial charge on any atom is 0.194 e. The van der Waals surface area contributed by atoms with Gasteiger partial charge in [0.05, 0.1) is 5.41 Å². The van der Waals surface area contributed by atoms with Crippen LogP contribution in [0.1, 0.15) is 22.3 Å². The molecule has 0 saturated carbocycles. The molecule has 5 rings (SSSR count). The van der Waals surface area contributed by atoms with Gasteiger partial charge in [0.1, 0.15) is 24.7 Å². The van der Waals surface area contributed by atoms with E-state index in [1.54, 1.807) is 24.3 Å². The third-order valence-electron chi connectivity index (χ3n) is 7.58. The summed E-state index contributed by atoms with van der Waals surface area (Å²) in [7, 11) is 0. The molecule has 0 aromatic heterocycles. The Hall–Kier alpha value is -4.92. The number of rotatable bonds is 14. The van der Waals surface area contributed by atoms with Crippen LogP contribution in [0.5, 0.6) is 11.5 Å². The first kappa shape index (κ1) is 29.6. The summed E-state index contributed by atoms with van der Waals surface area (Å²) in [6, 6.07) is 31.2. The summed E-state index contributed by atoms with van der Waals surface area (Å²) in [4.78, 5) is 31.0. The molecule has 0 heterocycles. The summed E-state index contributed by atoms with van der Waals surface area (Å²) in [5.41, 5.74) is 5.48. The molecule has 0 spiro atoms. The molecule has 0 radical (unpaired) electrons. The Morgan fingerprint density at radius 1 is 0.628 bits per heavy atom. The number of fused-ring (bicyclic) bond motifs is 3. The van der Waals surface area contributed by atoms with E-state index in [0.29, 0.717) is 11.5 Å². The SMILES string of the molecule is C=CC(=O)C(COc1ccc(C2(c3ccc(OCC(OF)C(=O)C=C)cc3)c3ccccc3-c3ccccc32)cc1)OF. The molecule has 6 nitrogen and oxygen atoms in total. The molecule has 0 fully saturated rings. The summed E-state index contributed by atoms with van der Waals surface area (Å²) in [5.74, 6) is -0.380. The van der Waals surface area contributed by atoms with Crippen molar-refractivity contribution in [2.75, 3.05) is 13.2 Å². The standard InChI is InChI=1S/C35H28F2O6/c1-3-31(38)33(42-36)21-40-25-17-13-23(14-18-25)35(29-11-7-5-9-27(29)28-10-6-8-12-30(28)35)24-15-19-26(20-16-24)41-22-34(43-37)32(39)4-2/h3-20,33-34H,1-2,21-22H2. The van der Waals surface area contributed by atoms with Crippen molar-refractivity contribution in [1.29, 1.82) is 0 Å². The smallest absolute Gasteiger partial charge is 0.194 e. The predicted molar refractivity (Wildman–Crippen MR) is 157 cm³/mol. The van der Waals surface area contributed by atoms with Crippen molar-refractivity contribution in [3.8, 4) is 22.6 Å². The zero-order valence-electron chi connectivity index (χ0n) is 23.1. The molecule has 1 aliphatic carbocycles. The van der Waals surface area contributed by atoms with Crippen molar-refractivity contribution >= 4 is 11.6 Å². The van der Waals surface area contributed by atoms with E-state index < -0.39 is 29.2 Å². The number of ketones is 2. The van der Waals surface area contributed by atoms with Crippen molar-refractivity contribution in [1.82, 2.24) is 0 Å². The highest BCUT2D eigenvalue weighted by Crippen LogP contribution is 2.56. The van der Waals surface area contributed by atoms with Crippen molar-refractivity contribution in [2.24, 2.45) is 0 Å². The highest BCUT2D eigenvalue weighted by molar-refractivity contribution is 5.93. The van der Waals surface area contributed by atoms with Gasteiger partial charge >= 0.3 is 0 Å². The van der Waals surface area contributed by atoms with Gasteiger partial charge in [0.15, 0.2) is 23.8 Å². The Balaban J connectivity index is 1.54. The highest BCUT2D eigenvalue weighted by atomic mass is 19.3. The normalized spacial score (nSPS) is 14.1. The van der Waals surface area contributed by atoms with E-state index in [1.165, 1.54) is 0 Å². The second kappa shape index (κ2) is 12.9. The van der Waals surface area contributed by atoms with Gasteiger partial charge in [-0.05, 0) is 78.9 Å². The second-order valence-corrected chi connectivity index (χ2v) is 9.88. The number of halogens is 2. The average Bonchev–Trinajstić information content (AvgIpc) is 3.36. The molecule has 2 unspecified atom stereocenters. The van der Waals surface area contributed by atoms with Gasteiger partial charge in [-0.3, -0.25) is 9.59 Å². The Morgan fingerprint density at radius 2 is 1.00 bits per heavy atom. The monoisotopic (exact) mass is 582 g/mol. The maximum atomic E-state index is 12.9. The molecule has 2 atom stereocenters. The Morgan fingerprint density at radius 3 is 1.35 bits per heavy atom. The minimum Gasteiger partial charge on any atom is -0.490 e. The number of benzene rings is 4. The molecule has 4 aromatic rings. The molecule has 0 N–H and O–H groups in total. The lowest BCUT2D eigenvalue weighted by Crippen LogP contribution is -2.29. The molecule has 0 saturated heterocycles. The maximum absolute atomic E-state index is 12.9. The minimum atomic E-state index is -1.40. The highest BCUT2D eigenvalue weighted by Gasteiger charge is 2.45. The largest absolute Gasteiger partial charge is 0.490 e. The van der Waals surface area contributed by atoms with Crippen molar-refractivity contribution in [2.45, 2.75) is 17.6 Å². The quantitative estimate of drug-likeness (QED) is 0.133. The minimum absolute atomic E-state index is 0.314. The molecule has 0 amide bonds. The van der Waals surface area contributed by atoms with E-state index in [0.717, 1.165) is 45.5 Å². The molecule has 0 aliphatic heterocycles. The molecule has 43 heavy (non-hydrogen) atoms. The van der Waals surface area contributed by atoms with Gasteiger partial charge in [0, 0.05) is 0 Å². The molecular formula is C35H28F2O6. The van der Waals surface area contributed by atoms with Crippen LogP contribution in [0, 0.1) is 0 Å². The van der Waals surface area contributed by atoms with Crippen LogP contribution in [-0.2, 0) is 24.9 Å². The van der Waals surface area contributed by atoms with Gasteiger partial charge in [-0.15, -0.1) is 0 Å². The van der Waals surface area contributed by atoms with Crippen LogP contribution in [-0.4, -0.2) is 37.0 Å². The fourth-order valence-electron chi connectivity index (χ4n) is 5.54. The second-order valence-electron chi connectivity index (χ2n) is 9.88. The lowest BCUT2D eigenvalue weighted by Gasteiger charge is -2.34. The van der Waals surface area contributed by atoms with Gasteiger partial charge < -0.3 is 9.47 Å². The summed E-state index contributed by atoms with van der Waals surface area (Å²) in [5, 5.41) is 0. The molecule has 0 bridgehead atoms. The van der Waals surface area contributed by atoms with Crippen molar-refractivity contribution in [3.63, 3.8) is 0 Å². The third kappa shape index (κ3) is 5.50. The van der Waals surface area contributed by atoms with Crippen LogP contribution < -0.4 is 9.47 Å². The summed E-state index contributed by atoms with van der Waals surface area (Å²) in [6.07, 6.45) is -0.835. The van der Waals surface area contributed by atoms with Crippen LogP contribution in [0.3, 0.4) is 0 Å². The van der Waals surface area contributed by atoms with Gasteiger partial charge in [0.25, 0.3) is 0 Å². The van der Waals surface area contributed by atoms with Crippen LogP contribution in [0.25, 0.3) is 11.1 Å². The molecule has 4 aromatic carbocycles. The van der Waals surface area contributed by atoms with Crippen LogP contribution >= 0.6 is 0 Å². The van der Waals surface area contributed by atoms with Gasteiger partial charge in [-0.25, -0.2) is 0 Å². The fourth-order valence-corrected chi connectivity index (χ4v) is 5.54. The van der Waals surface area contributed by atoms with Crippen molar-refractivity contribution < 1.29 is 38.0 Å². The van der Waals surface area contributed by atoms with Gasteiger partial charge in [-0.2, -0.15) is 9.88 Å². The number of hydrogen-bond donors (Lipinski definition) is 0. The van der Waals surface area contributed by atoms with Gasteiger partial charge in [0.2, 0.25) is 0 Å². The number of carbonyl (C=O) groups is 2. The topological polar surface area (TPSA) is 71.1 Å². The van der Waals surface area contributed by atoms with Crippen molar-refractivity contribution in [3.05, 3.63) is 145 Å². The summed E-state index contributed by atoms with van der Waals surface area (Å²) < 4.78 is 37.1. The lowest BCUT2D eigenvalue weighted by atomic mass is 9.68. The summed E-state index contributed by atoms with van der Waals surface area (Å²) >= 11 is 0.